The van der Waals surface area contributed by atoms with Crippen molar-refractivity contribution in [3.63, 3.8) is 0 Å². The molecule has 17 heavy (non-hydrogen) atoms. The predicted molar refractivity (Wildman–Crippen MR) is 76.5 cm³/mol. The lowest BCUT2D eigenvalue weighted by Gasteiger charge is -2.18. The van der Waals surface area contributed by atoms with Crippen LogP contribution in [-0.4, -0.2) is 11.6 Å². The summed E-state index contributed by atoms with van der Waals surface area (Å²) < 4.78 is 5.68. The van der Waals surface area contributed by atoms with Crippen LogP contribution in [0.2, 0.25) is 0 Å². The highest BCUT2D eigenvalue weighted by atomic mass is 32.1. The zero-order valence-electron chi connectivity index (χ0n) is 10.8. The maximum absolute atomic E-state index is 5.68. The molecule has 0 aliphatic rings. The van der Waals surface area contributed by atoms with E-state index < -0.39 is 0 Å². The van der Waals surface area contributed by atoms with Crippen molar-refractivity contribution in [2.24, 2.45) is 11.1 Å². The minimum Gasteiger partial charge on any atom is -0.494 e. The SMILES string of the molecule is CC(C)(C)CCOc1ccc(CC(N)=S)cc1. The summed E-state index contributed by atoms with van der Waals surface area (Å²) in [5.74, 6) is 0.904. The summed E-state index contributed by atoms with van der Waals surface area (Å²) in [6.07, 6.45) is 1.69. The average molecular weight is 251 g/mol. The Labute approximate surface area is 109 Å². The smallest absolute Gasteiger partial charge is 0.119 e. The van der Waals surface area contributed by atoms with Gasteiger partial charge >= 0.3 is 0 Å². The monoisotopic (exact) mass is 251 g/mol. The maximum atomic E-state index is 5.68. The Morgan fingerprint density at radius 2 is 1.82 bits per heavy atom. The summed E-state index contributed by atoms with van der Waals surface area (Å²) in [5.41, 5.74) is 6.93. The van der Waals surface area contributed by atoms with Gasteiger partial charge in [0.25, 0.3) is 0 Å². The fourth-order valence-corrected chi connectivity index (χ4v) is 1.55. The largest absolute Gasteiger partial charge is 0.494 e. The third-order valence-corrected chi connectivity index (χ3v) is 2.57. The van der Waals surface area contributed by atoms with Gasteiger partial charge in [0.1, 0.15) is 5.75 Å². The second-order valence-electron chi connectivity index (χ2n) is 5.45. The van der Waals surface area contributed by atoms with Gasteiger partial charge in [0.2, 0.25) is 0 Å². The van der Waals surface area contributed by atoms with E-state index >= 15 is 0 Å². The van der Waals surface area contributed by atoms with Gasteiger partial charge in [0.05, 0.1) is 11.6 Å². The van der Waals surface area contributed by atoms with Gasteiger partial charge in [-0.1, -0.05) is 45.1 Å². The highest BCUT2D eigenvalue weighted by Gasteiger charge is 2.09. The number of rotatable bonds is 5. The number of hydrogen-bond donors (Lipinski definition) is 1. The number of thiocarbonyl (C=S) groups is 1. The van der Waals surface area contributed by atoms with Gasteiger partial charge in [-0.3, -0.25) is 0 Å². The molecule has 0 unspecified atom stereocenters. The molecular weight excluding hydrogens is 230 g/mol. The molecule has 0 aliphatic heterocycles. The molecule has 0 fully saturated rings. The average Bonchev–Trinajstić information content (AvgIpc) is 2.18. The van der Waals surface area contributed by atoms with Crippen LogP contribution in [0.4, 0.5) is 0 Å². The number of hydrogen-bond acceptors (Lipinski definition) is 2. The Kier molecular flexibility index (Phi) is 4.94. The molecule has 0 atom stereocenters. The molecule has 0 spiro atoms. The van der Waals surface area contributed by atoms with Crippen molar-refractivity contribution in [1.29, 1.82) is 0 Å². The van der Waals surface area contributed by atoms with Gasteiger partial charge in [-0.25, -0.2) is 0 Å². The minimum absolute atomic E-state index is 0.311. The Morgan fingerprint density at radius 3 is 2.29 bits per heavy atom. The number of ether oxygens (including phenoxy) is 1. The van der Waals surface area contributed by atoms with E-state index in [-0.39, 0.29) is 0 Å². The number of benzene rings is 1. The van der Waals surface area contributed by atoms with Gasteiger partial charge in [0, 0.05) is 6.42 Å². The molecule has 0 radical (unpaired) electrons. The minimum atomic E-state index is 0.311. The molecule has 0 aliphatic carbocycles. The molecule has 2 N–H and O–H groups in total. The third kappa shape index (κ3) is 6.27. The third-order valence-electron chi connectivity index (χ3n) is 2.42. The second-order valence-corrected chi connectivity index (χ2v) is 5.97. The van der Waals surface area contributed by atoms with E-state index in [1.165, 1.54) is 0 Å². The van der Waals surface area contributed by atoms with Crippen LogP contribution in [0.5, 0.6) is 5.75 Å². The van der Waals surface area contributed by atoms with Gasteiger partial charge in [-0.2, -0.15) is 0 Å². The van der Waals surface area contributed by atoms with Crippen LogP contribution < -0.4 is 10.5 Å². The summed E-state index contributed by atoms with van der Waals surface area (Å²) in [7, 11) is 0. The highest BCUT2D eigenvalue weighted by Crippen LogP contribution is 2.19. The van der Waals surface area contributed by atoms with Crippen molar-refractivity contribution in [2.45, 2.75) is 33.6 Å². The Morgan fingerprint density at radius 1 is 1.24 bits per heavy atom. The maximum Gasteiger partial charge on any atom is 0.119 e. The lowest BCUT2D eigenvalue weighted by molar-refractivity contribution is 0.243. The summed E-state index contributed by atoms with van der Waals surface area (Å²) >= 11 is 4.87. The van der Waals surface area contributed by atoms with Gasteiger partial charge in [-0.05, 0) is 29.5 Å². The standard InChI is InChI=1S/C14H21NOS/c1-14(2,3)8-9-16-12-6-4-11(5-7-12)10-13(15)17/h4-7H,8-10H2,1-3H3,(H2,15,17). The van der Waals surface area contributed by atoms with E-state index in [2.05, 4.69) is 20.8 Å². The van der Waals surface area contributed by atoms with E-state index in [1.54, 1.807) is 0 Å². The molecule has 0 aromatic heterocycles. The van der Waals surface area contributed by atoms with E-state index in [4.69, 9.17) is 22.7 Å². The normalized spacial score (nSPS) is 11.2. The van der Waals surface area contributed by atoms with Gasteiger partial charge in [0.15, 0.2) is 0 Å². The van der Waals surface area contributed by atoms with Gasteiger partial charge in [-0.15, -0.1) is 0 Å². The zero-order valence-corrected chi connectivity index (χ0v) is 11.6. The number of nitrogens with two attached hydrogens (primary N) is 1. The first kappa shape index (κ1) is 14.0. The van der Waals surface area contributed by atoms with E-state index in [9.17, 15) is 0 Å². The molecule has 0 bridgehead atoms. The fraction of sp³-hybridized carbons (Fsp3) is 0.500. The van der Waals surface area contributed by atoms with Crippen molar-refractivity contribution in [1.82, 2.24) is 0 Å². The first-order valence-electron chi connectivity index (χ1n) is 5.87. The first-order valence-corrected chi connectivity index (χ1v) is 6.28. The van der Waals surface area contributed by atoms with Crippen molar-refractivity contribution in [3.05, 3.63) is 29.8 Å². The van der Waals surface area contributed by atoms with Crippen LogP contribution >= 0.6 is 12.2 Å². The van der Waals surface area contributed by atoms with Gasteiger partial charge < -0.3 is 10.5 Å². The van der Waals surface area contributed by atoms with E-state index in [1.807, 2.05) is 24.3 Å². The summed E-state index contributed by atoms with van der Waals surface area (Å²) in [6, 6.07) is 7.95. The second kappa shape index (κ2) is 6.01. The quantitative estimate of drug-likeness (QED) is 0.815. The van der Waals surface area contributed by atoms with Crippen molar-refractivity contribution < 1.29 is 4.74 Å². The molecule has 1 aromatic rings. The molecule has 0 amide bonds. The highest BCUT2D eigenvalue weighted by molar-refractivity contribution is 7.80. The molecule has 94 valence electrons. The molecule has 0 heterocycles. The van der Waals surface area contributed by atoms with Crippen LogP contribution in [0.3, 0.4) is 0 Å². The molecule has 0 saturated carbocycles. The lowest BCUT2D eigenvalue weighted by atomic mass is 9.93. The van der Waals surface area contributed by atoms with E-state index in [0.717, 1.165) is 24.3 Å². The van der Waals surface area contributed by atoms with Crippen LogP contribution in [-0.2, 0) is 6.42 Å². The van der Waals surface area contributed by atoms with Crippen LogP contribution in [0.15, 0.2) is 24.3 Å². The Bertz CT molecular complexity index is 365. The van der Waals surface area contributed by atoms with Crippen LogP contribution in [0.1, 0.15) is 32.8 Å². The fourth-order valence-electron chi connectivity index (χ4n) is 1.38. The van der Waals surface area contributed by atoms with Crippen LogP contribution in [0.25, 0.3) is 0 Å². The molecule has 3 heteroatoms. The lowest BCUT2D eigenvalue weighted by Crippen LogP contribution is -2.12. The van der Waals surface area contributed by atoms with Crippen molar-refractivity contribution in [2.75, 3.05) is 6.61 Å². The summed E-state index contributed by atoms with van der Waals surface area (Å²) in [6.45, 7) is 7.38. The predicted octanol–water partition coefficient (Wildman–Crippen LogP) is 3.33. The molecule has 0 saturated heterocycles. The molecular formula is C14H21NOS. The van der Waals surface area contributed by atoms with E-state index in [0.29, 0.717) is 16.8 Å². The van der Waals surface area contributed by atoms with Crippen LogP contribution in [0, 0.1) is 5.41 Å². The topological polar surface area (TPSA) is 35.2 Å². The summed E-state index contributed by atoms with van der Waals surface area (Å²) in [5, 5.41) is 0. The first-order chi connectivity index (χ1) is 7.87. The molecule has 2 nitrogen and oxygen atoms in total. The van der Waals surface area contributed by atoms with Crippen molar-refractivity contribution >= 4 is 17.2 Å². The summed E-state index contributed by atoms with van der Waals surface area (Å²) in [4.78, 5) is 0.520. The molecule has 1 rings (SSSR count). The Balaban J connectivity index is 2.43. The molecule has 1 aromatic carbocycles. The van der Waals surface area contributed by atoms with Crippen molar-refractivity contribution in [3.8, 4) is 5.75 Å². The Hall–Kier alpha value is -1.09. The zero-order chi connectivity index (χ0) is 12.9.